The molecule has 144 valence electrons. The molecule has 2 heterocycles. The second-order valence-electron chi connectivity index (χ2n) is 7.42. The number of anilines is 1. The molecular weight excluding hydrogens is 380 g/mol. The zero-order valence-corrected chi connectivity index (χ0v) is 17.1. The van der Waals surface area contributed by atoms with Gasteiger partial charge in [0, 0.05) is 22.5 Å². The third-order valence-electron chi connectivity index (χ3n) is 5.33. The molecule has 2 atom stereocenters. The fourth-order valence-corrected chi connectivity index (χ4v) is 6.01. The number of carbonyl (C=O) groups excluding carboxylic acids is 1. The summed E-state index contributed by atoms with van der Waals surface area (Å²) in [5.41, 5.74) is 1.80. The summed E-state index contributed by atoms with van der Waals surface area (Å²) in [6.07, 6.45) is 3.31. The first-order valence-corrected chi connectivity index (χ1v) is 11.8. The van der Waals surface area contributed by atoms with Crippen LogP contribution in [0.4, 0.5) is 5.69 Å². The van der Waals surface area contributed by atoms with Crippen LogP contribution in [0, 0.1) is 5.92 Å². The number of nitrogens with zero attached hydrogens (tertiary/aromatic N) is 1. The normalized spacial score (nSPS) is 20.5. The lowest BCUT2D eigenvalue weighted by molar-refractivity contribution is -0.120. The number of hydrogen-bond donors (Lipinski definition) is 1. The summed E-state index contributed by atoms with van der Waals surface area (Å²) in [5, 5.41) is 1.95. The van der Waals surface area contributed by atoms with Crippen LogP contribution in [0.25, 0.3) is 0 Å². The number of benzene rings is 1. The van der Waals surface area contributed by atoms with Crippen LogP contribution >= 0.6 is 11.3 Å². The van der Waals surface area contributed by atoms with Crippen molar-refractivity contribution in [3.63, 3.8) is 0 Å². The third kappa shape index (κ3) is 3.56. The van der Waals surface area contributed by atoms with E-state index in [9.17, 15) is 13.2 Å². The number of sulfonamides is 1. The highest BCUT2D eigenvalue weighted by Gasteiger charge is 2.39. The number of thiophene rings is 1. The Morgan fingerprint density at radius 3 is 2.74 bits per heavy atom. The Bertz CT molecular complexity index is 950. The average Bonchev–Trinajstić information content (AvgIpc) is 3.24. The molecule has 0 spiro atoms. The number of rotatable bonds is 6. The van der Waals surface area contributed by atoms with E-state index in [2.05, 4.69) is 4.72 Å². The van der Waals surface area contributed by atoms with Gasteiger partial charge in [0.2, 0.25) is 15.9 Å². The maximum absolute atomic E-state index is 12.9. The molecule has 1 aliphatic heterocycles. The van der Waals surface area contributed by atoms with Gasteiger partial charge < -0.3 is 4.90 Å². The minimum atomic E-state index is -3.63. The number of carbonyl (C=O) groups is 1. The fourth-order valence-electron chi connectivity index (χ4n) is 3.72. The smallest absolute Gasteiger partial charge is 0.241 e. The van der Waals surface area contributed by atoms with Gasteiger partial charge in [-0.3, -0.25) is 4.79 Å². The molecule has 7 heteroatoms. The van der Waals surface area contributed by atoms with Crippen LogP contribution in [0.15, 0.2) is 40.6 Å². The zero-order valence-electron chi connectivity index (χ0n) is 15.5. The van der Waals surface area contributed by atoms with Crippen molar-refractivity contribution >= 4 is 33.0 Å². The first-order valence-electron chi connectivity index (χ1n) is 9.42. The monoisotopic (exact) mass is 404 g/mol. The molecule has 1 aromatic carbocycles. The molecule has 0 saturated heterocycles. The van der Waals surface area contributed by atoms with Gasteiger partial charge in [-0.1, -0.05) is 13.0 Å². The predicted molar refractivity (Wildman–Crippen MR) is 107 cm³/mol. The Labute approximate surface area is 164 Å². The summed E-state index contributed by atoms with van der Waals surface area (Å²) < 4.78 is 28.7. The maximum atomic E-state index is 12.9. The first kappa shape index (κ1) is 18.7. The molecule has 0 bridgehead atoms. The molecular formula is C20H24N2O3S2. The SMILES string of the molecule is CC[C@H](NS(=O)(=O)c1ccc2c(c1)C[C@H](C)N2C(=O)C1CC1)c1cccs1. The van der Waals surface area contributed by atoms with Crippen LogP contribution in [-0.2, 0) is 21.2 Å². The quantitative estimate of drug-likeness (QED) is 0.795. The standard InChI is InChI=1S/C20H24N2O3S2/c1-3-17(19-5-4-10-26-19)21-27(24,25)16-8-9-18-15(12-16)11-13(2)22(18)20(23)14-6-7-14/h4-5,8-10,12-14,17,21H,3,6-7,11H2,1-2H3/t13-,17-/m0/s1. The van der Waals surface area contributed by atoms with Crippen LogP contribution in [0.5, 0.6) is 0 Å². The second kappa shape index (κ2) is 7.04. The molecule has 5 nitrogen and oxygen atoms in total. The molecule has 1 aliphatic carbocycles. The summed E-state index contributed by atoms with van der Waals surface area (Å²) >= 11 is 1.55. The van der Waals surface area contributed by atoms with Gasteiger partial charge in [0.25, 0.3) is 0 Å². The van der Waals surface area contributed by atoms with E-state index in [-0.39, 0.29) is 28.8 Å². The lowest BCUT2D eigenvalue weighted by atomic mass is 10.1. The molecule has 1 fully saturated rings. The second-order valence-corrected chi connectivity index (χ2v) is 10.1. The van der Waals surface area contributed by atoms with Gasteiger partial charge in [0.05, 0.1) is 10.9 Å². The van der Waals surface area contributed by atoms with Crippen LogP contribution in [0.2, 0.25) is 0 Å². The molecule has 27 heavy (non-hydrogen) atoms. The summed E-state index contributed by atoms with van der Waals surface area (Å²) in [6, 6.07) is 8.87. The Kier molecular flexibility index (Phi) is 4.86. The van der Waals surface area contributed by atoms with Gasteiger partial charge in [0.15, 0.2) is 0 Å². The van der Waals surface area contributed by atoms with Gasteiger partial charge >= 0.3 is 0 Å². The van der Waals surface area contributed by atoms with Crippen LogP contribution < -0.4 is 9.62 Å². The van der Waals surface area contributed by atoms with Crippen molar-refractivity contribution in [2.45, 2.75) is 56.5 Å². The van der Waals surface area contributed by atoms with Crippen molar-refractivity contribution in [1.29, 1.82) is 0 Å². The molecule has 2 aromatic rings. The van der Waals surface area contributed by atoms with Gasteiger partial charge in [0.1, 0.15) is 0 Å². The van der Waals surface area contributed by atoms with Crippen LogP contribution in [-0.4, -0.2) is 20.4 Å². The van der Waals surface area contributed by atoms with E-state index in [0.29, 0.717) is 12.8 Å². The van der Waals surface area contributed by atoms with Crippen molar-refractivity contribution in [2.75, 3.05) is 4.90 Å². The highest BCUT2D eigenvalue weighted by atomic mass is 32.2. The number of hydrogen-bond acceptors (Lipinski definition) is 4. The Balaban J connectivity index is 1.60. The molecule has 1 N–H and O–H groups in total. The minimum Gasteiger partial charge on any atom is -0.309 e. The minimum absolute atomic E-state index is 0.0773. The van der Waals surface area contributed by atoms with E-state index >= 15 is 0 Å². The molecule has 0 unspecified atom stereocenters. The first-order chi connectivity index (χ1) is 12.9. The Morgan fingerprint density at radius 1 is 1.33 bits per heavy atom. The molecule has 1 amide bonds. The number of amides is 1. The van der Waals surface area contributed by atoms with E-state index < -0.39 is 10.0 Å². The van der Waals surface area contributed by atoms with E-state index in [1.54, 1.807) is 29.5 Å². The highest BCUT2D eigenvalue weighted by molar-refractivity contribution is 7.89. The topological polar surface area (TPSA) is 66.5 Å². The Hall–Kier alpha value is -1.70. The summed E-state index contributed by atoms with van der Waals surface area (Å²) in [4.78, 5) is 15.7. The highest BCUT2D eigenvalue weighted by Crippen LogP contribution is 2.39. The zero-order chi connectivity index (χ0) is 19.2. The fraction of sp³-hybridized carbons (Fsp3) is 0.450. The largest absolute Gasteiger partial charge is 0.309 e. The van der Waals surface area contributed by atoms with E-state index in [4.69, 9.17) is 0 Å². The van der Waals surface area contributed by atoms with Crippen LogP contribution in [0.3, 0.4) is 0 Å². The van der Waals surface area contributed by atoms with Crippen LogP contribution in [0.1, 0.15) is 49.6 Å². The summed E-state index contributed by atoms with van der Waals surface area (Å²) in [7, 11) is -3.63. The van der Waals surface area contributed by atoms with E-state index in [0.717, 1.165) is 29.0 Å². The molecule has 0 radical (unpaired) electrons. The van der Waals surface area contributed by atoms with Crippen molar-refractivity contribution in [3.8, 4) is 0 Å². The number of fused-ring (bicyclic) bond motifs is 1. The van der Waals surface area contributed by atoms with E-state index in [1.807, 2.05) is 36.3 Å². The van der Waals surface area contributed by atoms with E-state index in [1.165, 1.54) is 0 Å². The summed E-state index contributed by atoms with van der Waals surface area (Å²) in [5.74, 6) is 0.332. The molecule has 1 saturated carbocycles. The van der Waals surface area contributed by atoms with Crippen molar-refractivity contribution in [1.82, 2.24) is 4.72 Å². The van der Waals surface area contributed by atoms with Crippen molar-refractivity contribution in [3.05, 3.63) is 46.2 Å². The molecule has 4 rings (SSSR count). The Morgan fingerprint density at radius 2 is 2.11 bits per heavy atom. The lowest BCUT2D eigenvalue weighted by Crippen LogP contribution is -2.36. The molecule has 1 aromatic heterocycles. The van der Waals surface area contributed by atoms with Crippen molar-refractivity contribution < 1.29 is 13.2 Å². The number of nitrogens with one attached hydrogen (secondary N) is 1. The molecule has 2 aliphatic rings. The lowest BCUT2D eigenvalue weighted by Gasteiger charge is -2.22. The van der Waals surface area contributed by atoms with Gasteiger partial charge in [-0.2, -0.15) is 0 Å². The van der Waals surface area contributed by atoms with Gasteiger partial charge in [-0.05, 0) is 67.8 Å². The van der Waals surface area contributed by atoms with Gasteiger partial charge in [-0.15, -0.1) is 11.3 Å². The predicted octanol–water partition coefficient (Wildman–Crippen LogP) is 3.87. The van der Waals surface area contributed by atoms with Crippen molar-refractivity contribution in [2.24, 2.45) is 5.92 Å². The maximum Gasteiger partial charge on any atom is 0.241 e. The average molecular weight is 405 g/mol. The third-order valence-corrected chi connectivity index (χ3v) is 7.79. The summed E-state index contributed by atoms with van der Waals surface area (Å²) in [6.45, 7) is 4.00. The van der Waals surface area contributed by atoms with Gasteiger partial charge in [-0.25, -0.2) is 13.1 Å².